The Morgan fingerprint density at radius 2 is 2.36 bits per heavy atom. The summed E-state index contributed by atoms with van der Waals surface area (Å²) in [5.41, 5.74) is 8.66. The molecule has 0 aliphatic rings. The number of fused-ring (bicyclic) bond motifs is 1. The van der Waals surface area contributed by atoms with E-state index in [-0.39, 0.29) is 0 Å². The number of aromatic amines is 1. The summed E-state index contributed by atoms with van der Waals surface area (Å²) in [7, 11) is 0. The molecular weight excluding hydrogens is 176 g/mol. The highest BCUT2D eigenvalue weighted by Gasteiger charge is 2.00. The fraction of sp³-hybridized carbons (Fsp3) is 0.300. The number of rotatable bonds is 3. The molecule has 0 fully saturated rings. The Hall–Kier alpha value is -1.55. The normalized spacial score (nSPS) is 10.7. The van der Waals surface area contributed by atoms with E-state index in [2.05, 4.69) is 34.3 Å². The maximum absolute atomic E-state index is 5.39. The number of H-pyrrole nitrogens is 1. The number of hydrogen-bond acceptors (Lipinski definition) is 3. The average Bonchev–Trinajstić information content (AvgIpc) is 2.56. The molecule has 0 bridgehead atoms. The standard InChI is InChI=1S/C10H14N4/c1-7-2-3-8-9(6-7)14-10(13-8)12-5-4-11/h2-3,6H,4-5,11H2,1H3,(H2,12,13,14). The Bertz CT molecular complexity index is 433. The van der Waals surface area contributed by atoms with Crippen LogP contribution in [0.15, 0.2) is 18.2 Å². The van der Waals surface area contributed by atoms with Gasteiger partial charge in [0.2, 0.25) is 5.95 Å². The molecule has 1 aromatic heterocycles. The lowest BCUT2D eigenvalue weighted by Gasteiger charge is -1.96. The van der Waals surface area contributed by atoms with E-state index >= 15 is 0 Å². The Labute approximate surface area is 82.5 Å². The smallest absolute Gasteiger partial charge is 0.201 e. The van der Waals surface area contributed by atoms with Gasteiger partial charge in [0.25, 0.3) is 0 Å². The van der Waals surface area contributed by atoms with Crippen molar-refractivity contribution in [1.29, 1.82) is 0 Å². The second kappa shape index (κ2) is 3.67. The van der Waals surface area contributed by atoms with Gasteiger partial charge in [0.15, 0.2) is 0 Å². The van der Waals surface area contributed by atoms with Crippen molar-refractivity contribution in [3.05, 3.63) is 23.8 Å². The highest BCUT2D eigenvalue weighted by atomic mass is 15.1. The topological polar surface area (TPSA) is 66.7 Å². The maximum Gasteiger partial charge on any atom is 0.201 e. The molecule has 0 unspecified atom stereocenters. The molecule has 0 aliphatic heterocycles. The molecule has 14 heavy (non-hydrogen) atoms. The van der Waals surface area contributed by atoms with Crippen molar-refractivity contribution in [1.82, 2.24) is 9.97 Å². The number of nitrogens with zero attached hydrogens (tertiary/aromatic N) is 1. The number of anilines is 1. The van der Waals surface area contributed by atoms with E-state index in [1.165, 1.54) is 5.56 Å². The zero-order valence-corrected chi connectivity index (χ0v) is 8.17. The van der Waals surface area contributed by atoms with E-state index in [9.17, 15) is 0 Å². The molecule has 0 aliphatic carbocycles. The van der Waals surface area contributed by atoms with Gasteiger partial charge in [0.05, 0.1) is 11.0 Å². The second-order valence-corrected chi connectivity index (χ2v) is 3.32. The molecule has 4 N–H and O–H groups in total. The van der Waals surface area contributed by atoms with Crippen LogP contribution in [0.2, 0.25) is 0 Å². The van der Waals surface area contributed by atoms with Gasteiger partial charge in [-0.05, 0) is 24.6 Å². The Balaban J connectivity index is 2.32. The first kappa shape index (κ1) is 9.02. The SMILES string of the molecule is Cc1ccc2nc(NCCN)[nH]c2c1. The Kier molecular flexibility index (Phi) is 2.37. The lowest BCUT2D eigenvalue weighted by Crippen LogP contribution is -2.13. The lowest BCUT2D eigenvalue weighted by atomic mass is 10.2. The highest BCUT2D eigenvalue weighted by molar-refractivity contribution is 5.78. The number of aromatic nitrogens is 2. The number of benzene rings is 1. The van der Waals surface area contributed by atoms with Crippen LogP contribution >= 0.6 is 0 Å². The predicted molar refractivity (Wildman–Crippen MR) is 58.4 cm³/mol. The molecule has 4 heteroatoms. The number of nitrogens with one attached hydrogen (secondary N) is 2. The van der Waals surface area contributed by atoms with Crippen LogP contribution < -0.4 is 11.1 Å². The van der Waals surface area contributed by atoms with E-state index in [1.807, 2.05) is 6.07 Å². The van der Waals surface area contributed by atoms with Gasteiger partial charge in [-0.2, -0.15) is 0 Å². The molecule has 0 radical (unpaired) electrons. The van der Waals surface area contributed by atoms with Crippen LogP contribution in [-0.4, -0.2) is 23.1 Å². The number of imidazole rings is 1. The monoisotopic (exact) mass is 190 g/mol. The van der Waals surface area contributed by atoms with Crippen LogP contribution in [0.1, 0.15) is 5.56 Å². The minimum atomic E-state index is 0.607. The van der Waals surface area contributed by atoms with E-state index in [1.54, 1.807) is 0 Å². The van der Waals surface area contributed by atoms with Crippen LogP contribution in [0.3, 0.4) is 0 Å². The molecule has 1 heterocycles. The summed E-state index contributed by atoms with van der Waals surface area (Å²) in [4.78, 5) is 7.56. The first-order valence-corrected chi connectivity index (χ1v) is 4.70. The van der Waals surface area contributed by atoms with Gasteiger partial charge in [0.1, 0.15) is 0 Å². The molecule has 0 saturated carbocycles. The third-order valence-corrected chi connectivity index (χ3v) is 2.07. The molecule has 74 valence electrons. The minimum Gasteiger partial charge on any atom is -0.355 e. The van der Waals surface area contributed by atoms with Crippen molar-refractivity contribution in [3.63, 3.8) is 0 Å². The van der Waals surface area contributed by atoms with Crippen molar-refractivity contribution >= 4 is 17.0 Å². The van der Waals surface area contributed by atoms with Crippen molar-refractivity contribution in [2.24, 2.45) is 5.73 Å². The van der Waals surface area contributed by atoms with Crippen LogP contribution in [0, 0.1) is 6.92 Å². The molecule has 1 aromatic carbocycles. The summed E-state index contributed by atoms with van der Waals surface area (Å²) in [5.74, 6) is 0.788. The van der Waals surface area contributed by atoms with Gasteiger partial charge in [-0.3, -0.25) is 0 Å². The molecule has 0 amide bonds. The molecule has 4 nitrogen and oxygen atoms in total. The second-order valence-electron chi connectivity index (χ2n) is 3.32. The first-order chi connectivity index (χ1) is 6.79. The number of aryl methyl sites for hydroxylation is 1. The van der Waals surface area contributed by atoms with Crippen molar-refractivity contribution in [2.75, 3.05) is 18.4 Å². The first-order valence-electron chi connectivity index (χ1n) is 4.70. The number of nitrogens with two attached hydrogens (primary N) is 1. The van der Waals surface area contributed by atoms with Gasteiger partial charge < -0.3 is 16.0 Å². The Morgan fingerprint density at radius 1 is 1.50 bits per heavy atom. The van der Waals surface area contributed by atoms with Crippen molar-refractivity contribution in [2.45, 2.75) is 6.92 Å². The van der Waals surface area contributed by atoms with Crippen LogP contribution in [0.5, 0.6) is 0 Å². The van der Waals surface area contributed by atoms with Gasteiger partial charge in [-0.1, -0.05) is 6.07 Å². The van der Waals surface area contributed by atoms with Gasteiger partial charge in [0, 0.05) is 13.1 Å². The van der Waals surface area contributed by atoms with Gasteiger partial charge in [-0.15, -0.1) is 0 Å². The van der Waals surface area contributed by atoms with Gasteiger partial charge in [-0.25, -0.2) is 4.98 Å². The highest BCUT2D eigenvalue weighted by Crippen LogP contribution is 2.15. The van der Waals surface area contributed by atoms with Crippen molar-refractivity contribution < 1.29 is 0 Å². The summed E-state index contributed by atoms with van der Waals surface area (Å²) in [6.45, 7) is 3.40. The molecule has 0 atom stereocenters. The summed E-state index contributed by atoms with van der Waals surface area (Å²) in [6.07, 6.45) is 0. The summed E-state index contributed by atoms with van der Waals surface area (Å²) < 4.78 is 0. The molecule has 0 spiro atoms. The fourth-order valence-electron chi connectivity index (χ4n) is 1.40. The number of hydrogen-bond donors (Lipinski definition) is 3. The van der Waals surface area contributed by atoms with E-state index in [4.69, 9.17) is 5.73 Å². The zero-order chi connectivity index (χ0) is 9.97. The maximum atomic E-state index is 5.39. The quantitative estimate of drug-likeness (QED) is 0.682. The van der Waals surface area contributed by atoms with E-state index in [0.717, 1.165) is 23.5 Å². The van der Waals surface area contributed by atoms with Crippen molar-refractivity contribution in [3.8, 4) is 0 Å². The minimum absolute atomic E-state index is 0.607. The third-order valence-electron chi connectivity index (χ3n) is 2.07. The molecular formula is C10H14N4. The third kappa shape index (κ3) is 1.70. The summed E-state index contributed by atoms with van der Waals surface area (Å²) in [6, 6.07) is 6.14. The largest absolute Gasteiger partial charge is 0.355 e. The zero-order valence-electron chi connectivity index (χ0n) is 8.17. The lowest BCUT2D eigenvalue weighted by molar-refractivity contribution is 1.00. The Morgan fingerprint density at radius 3 is 3.14 bits per heavy atom. The fourth-order valence-corrected chi connectivity index (χ4v) is 1.40. The average molecular weight is 190 g/mol. The van der Waals surface area contributed by atoms with E-state index in [0.29, 0.717) is 6.54 Å². The molecule has 0 saturated heterocycles. The molecule has 2 aromatic rings. The van der Waals surface area contributed by atoms with Crippen LogP contribution in [0.25, 0.3) is 11.0 Å². The van der Waals surface area contributed by atoms with Crippen LogP contribution in [-0.2, 0) is 0 Å². The molecule has 2 rings (SSSR count). The van der Waals surface area contributed by atoms with Crippen LogP contribution in [0.4, 0.5) is 5.95 Å². The van der Waals surface area contributed by atoms with E-state index < -0.39 is 0 Å². The summed E-state index contributed by atoms with van der Waals surface area (Å²) in [5, 5.41) is 3.11. The predicted octanol–water partition coefficient (Wildman–Crippen LogP) is 1.24. The summed E-state index contributed by atoms with van der Waals surface area (Å²) >= 11 is 0. The van der Waals surface area contributed by atoms with Gasteiger partial charge >= 0.3 is 0 Å².